The van der Waals surface area contributed by atoms with Crippen LogP contribution in [0.2, 0.25) is 0 Å². The Bertz CT molecular complexity index is 799. The predicted molar refractivity (Wildman–Crippen MR) is 121 cm³/mol. The Labute approximate surface area is 179 Å². The minimum atomic E-state index is 0. The van der Waals surface area contributed by atoms with Crippen LogP contribution in [0.1, 0.15) is 30.9 Å². The summed E-state index contributed by atoms with van der Waals surface area (Å²) in [5.74, 6) is 0.263. The predicted octanol–water partition coefficient (Wildman–Crippen LogP) is 4.42. The Morgan fingerprint density at radius 3 is 2.71 bits per heavy atom. The van der Waals surface area contributed by atoms with Crippen LogP contribution in [0.25, 0.3) is 0 Å². The number of hydrogen-bond donors (Lipinski definition) is 2. The molecule has 0 unspecified atom stereocenters. The topological polar surface area (TPSA) is 44.4 Å². The van der Waals surface area contributed by atoms with Crippen LogP contribution in [0.15, 0.2) is 48.5 Å². The summed E-state index contributed by atoms with van der Waals surface area (Å²) in [5.41, 5.74) is 4.87. The van der Waals surface area contributed by atoms with Crippen molar-refractivity contribution in [3.8, 4) is 0 Å². The number of rotatable bonds is 4. The first-order valence-corrected chi connectivity index (χ1v) is 9.65. The van der Waals surface area contributed by atoms with Gasteiger partial charge in [-0.3, -0.25) is 4.79 Å². The van der Waals surface area contributed by atoms with E-state index in [1.165, 1.54) is 16.8 Å². The second-order valence-corrected chi connectivity index (χ2v) is 7.52. The van der Waals surface area contributed by atoms with Crippen LogP contribution in [0.5, 0.6) is 0 Å². The highest BCUT2D eigenvalue weighted by atomic mass is 35.5. The van der Waals surface area contributed by atoms with Gasteiger partial charge in [-0.15, -0.1) is 24.8 Å². The van der Waals surface area contributed by atoms with Crippen LogP contribution >= 0.6 is 24.8 Å². The van der Waals surface area contributed by atoms with Gasteiger partial charge in [-0.05, 0) is 56.0 Å². The minimum absolute atomic E-state index is 0. The summed E-state index contributed by atoms with van der Waals surface area (Å²) in [6.07, 6.45) is 2.92. The summed E-state index contributed by atoms with van der Waals surface area (Å²) in [7, 11) is 0. The second-order valence-electron chi connectivity index (χ2n) is 7.52. The Morgan fingerprint density at radius 2 is 1.89 bits per heavy atom. The van der Waals surface area contributed by atoms with E-state index < -0.39 is 0 Å². The summed E-state index contributed by atoms with van der Waals surface area (Å²) in [4.78, 5) is 15.2. The summed E-state index contributed by atoms with van der Waals surface area (Å²) >= 11 is 0. The van der Waals surface area contributed by atoms with Crippen LogP contribution < -0.4 is 15.5 Å². The third kappa shape index (κ3) is 4.99. The first-order valence-electron chi connectivity index (χ1n) is 9.65. The lowest BCUT2D eigenvalue weighted by molar-refractivity contribution is -0.120. The van der Waals surface area contributed by atoms with Gasteiger partial charge in [-0.2, -0.15) is 0 Å². The molecule has 1 saturated heterocycles. The quantitative estimate of drug-likeness (QED) is 0.767. The van der Waals surface area contributed by atoms with Crippen molar-refractivity contribution in [3.05, 3.63) is 59.7 Å². The fraction of sp³-hybridized carbons (Fsp3) is 0.409. The average molecular weight is 422 g/mol. The number of halogens is 2. The molecule has 2 aromatic rings. The van der Waals surface area contributed by atoms with Gasteiger partial charge in [0.15, 0.2) is 0 Å². The Hall–Kier alpha value is -1.75. The number of anilines is 2. The third-order valence-corrected chi connectivity index (χ3v) is 5.61. The molecule has 0 aromatic heterocycles. The normalized spacial score (nSPS) is 20.5. The van der Waals surface area contributed by atoms with Crippen LogP contribution in [0.4, 0.5) is 11.4 Å². The van der Waals surface area contributed by atoms with Gasteiger partial charge in [0.25, 0.3) is 0 Å². The maximum Gasteiger partial charge on any atom is 0.227 e. The van der Waals surface area contributed by atoms with E-state index in [0.717, 1.165) is 44.6 Å². The van der Waals surface area contributed by atoms with Gasteiger partial charge >= 0.3 is 0 Å². The number of carbonyl (C=O) groups excluding carboxylic acids is 1. The molecule has 2 N–H and O–H groups in total. The number of fused-ring (bicyclic) bond motifs is 1. The molecular weight excluding hydrogens is 393 g/mol. The van der Waals surface area contributed by atoms with E-state index in [2.05, 4.69) is 58.9 Å². The fourth-order valence-corrected chi connectivity index (χ4v) is 4.16. The fourth-order valence-electron chi connectivity index (χ4n) is 4.16. The minimum Gasteiger partial charge on any atom is -0.367 e. The number of carbonyl (C=O) groups is 1. The lowest BCUT2D eigenvalue weighted by atomic mass is 9.92. The molecule has 1 amide bonds. The zero-order valence-electron chi connectivity index (χ0n) is 16.2. The van der Waals surface area contributed by atoms with E-state index >= 15 is 0 Å². The van der Waals surface area contributed by atoms with Crippen molar-refractivity contribution in [1.29, 1.82) is 0 Å². The molecule has 2 heterocycles. The average Bonchev–Trinajstić information content (AvgIpc) is 3.06. The molecule has 28 heavy (non-hydrogen) atoms. The van der Waals surface area contributed by atoms with Gasteiger partial charge in [-0.1, -0.05) is 36.4 Å². The van der Waals surface area contributed by atoms with Crippen molar-refractivity contribution in [2.75, 3.05) is 23.3 Å². The number of amides is 1. The first kappa shape index (κ1) is 22.5. The number of nitrogens with zero attached hydrogens (tertiary/aromatic N) is 1. The highest BCUT2D eigenvalue weighted by molar-refractivity contribution is 5.93. The molecule has 0 radical (unpaired) electrons. The SMILES string of the molecule is C[C@H]1C[C@@H](C(=O)Nc2ccccc2CN2CCc3ccccc32)CCN1.Cl.Cl. The van der Waals surface area contributed by atoms with E-state index in [1.54, 1.807) is 0 Å². The second kappa shape index (κ2) is 10.1. The summed E-state index contributed by atoms with van der Waals surface area (Å²) in [6.45, 7) is 4.94. The Kier molecular flexibility index (Phi) is 8.17. The van der Waals surface area contributed by atoms with Crippen molar-refractivity contribution in [2.45, 2.75) is 38.8 Å². The van der Waals surface area contributed by atoms with Crippen molar-refractivity contribution in [2.24, 2.45) is 5.92 Å². The van der Waals surface area contributed by atoms with Gasteiger partial charge in [0.05, 0.1) is 0 Å². The molecular formula is C22H29Cl2N3O. The summed E-state index contributed by atoms with van der Waals surface area (Å²) in [5, 5.41) is 6.62. The van der Waals surface area contributed by atoms with Gasteiger partial charge in [0.2, 0.25) is 5.91 Å². The maximum atomic E-state index is 12.7. The monoisotopic (exact) mass is 421 g/mol. The third-order valence-electron chi connectivity index (χ3n) is 5.61. The molecule has 0 aliphatic carbocycles. The molecule has 6 heteroatoms. The first-order chi connectivity index (χ1) is 12.7. The smallest absolute Gasteiger partial charge is 0.227 e. The molecule has 2 atom stereocenters. The molecule has 1 fully saturated rings. The number of para-hydroxylation sites is 2. The highest BCUT2D eigenvalue weighted by Crippen LogP contribution is 2.30. The highest BCUT2D eigenvalue weighted by Gasteiger charge is 2.25. The van der Waals surface area contributed by atoms with Crippen LogP contribution in [0.3, 0.4) is 0 Å². The van der Waals surface area contributed by atoms with Gasteiger partial charge in [0, 0.05) is 36.4 Å². The van der Waals surface area contributed by atoms with Crippen molar-refractivity contribution >= 4 is 42.1 Å². The zero-order valence-corrected chi connectivity index (χ0v) is 17.8. The van der Waals surface area contributed by atoms with Crippen molar-refractivity contribution < 1.29 is 4.79 Å². The Balaban J connectivity index is 0.00000140. The van der Waals surface area contributed by atoms with Crippen LogP contribution in [0, 0.1) is 5.92 Å². The standard InChI is InChI=1S/C22H27N3O.2ClH/c1-16-14-18(10-12-23-16)22(26)24-20-8-4-2-7-19(20)15-25-13-11-17-6-3-5-9-21(17)25;;/h2-9,16,18,23H,10-15H2,1H3,(H,24,26);2*1H/t16-,18-;;/m0../s1. The summed E-state index contributed by atoms with van der Waals surface area (Å²) < 4.78 is 0. The molecule has 2 aliphatic heterocycles. The van der Waals surface area contributed by atoms with E-state index in [9.17, 15) is 4.79 Å². The molecule has 0 saturated carbocycles. The molecule has 0 spiro atoms. The lowest BCUT2D eigenvalue weighted by Gasteiger charge is -2.27. The number of benzene rings is 2. The van der Waals surface area contributed by atoms with Gasteiger partial charge in [-0.25, -0.2) is 0 Å². The van der Waals surface area contributed by atoms with E-state index in [4.69, 9.17) is 0 Å². The Morgan fingerprint density at radius 1 is 1.14 bits per heavy atom. The van der Waals surface area contributed by atoms with E-state index in [1.807, 2.05) is 12.1 Å². The number of hydrogen-bond acceptors (Lipinski definition) is 3. The maximum absolute atomic E-state index is 12.7. The van der Waals surface area contributed by atoms with E-state index in [-0.39, 0.29) is 36.6 Å². The number of nitrogens with one attached hydrogen (secondary N) is 2. The summed E-state index contributed by atoms with van der Waals surface area (Å²) in [6, 6.07) is 17.2. The van der Waals surface area contributed by atoms with Gasteiger partial charge in [0.1, 0.15) is 0 Å². The van der Waals surface area contributed by atoms with Gasteiger partial charge < -0.3 is 15.5 Å². The largest absolute Gasteiger partial charge is 0.367 e. The molecule has 4 nitrogen and oxygen atoms in total. The van der Waals surface area contributed by atoms with Crippen LogP contribution in [-0.4, -0.2) is 25.0 Å². The van der Waals surface area contributed by atoms with Crippen molar-refractivity contribution in [1.82, 2.24) is 5.32 Å². The molecule has 2 aliphatic rings. The number of piperidine rings is 1. The van der Waals surface area contributed by atoms with E-state index in [0.29, 0.717) is 6.04 Å². The molecule has 4 rings (SSSR count). The lowest BCUT2D eigenvalue weighted by Crippen LogP contribution is -2.40. The molecule has 152 valence electrons. The van der Waals surface area contributed by atoms with Crippen LogP contribution in [-0.2, 0) is 17.8 Å². The zero-order chi connectivity index (χ0) is 17.9. The molecule has 0 bridgehead atoms. The molecule has 2 aromatic carbocycles. The van der Waals surface area contributed by atoms with Crippen molar-refractivity contribution in [3.63, 3.8) is 0 Å².